The number of amides is 1. The SMILES string of the molecule is Cc1cccc2c1N(CCOc1ccc3ccccc3c1)C(=O)C2=O. The van der Waals surface area contributed by atoms with Crippen LogP contribution >= 0.6 is 0 Å². The number of rotatable bonds is 4. The van der Waals surface area contributed by atoms with Gasteiger partial charge in [-0.1, -0.05) is 42.5 Å². The minimum absolute atomic E-state index is 0.325. The summed E-state index contributed by atoms with van der Waals surface area (Å²) in [5, 5.41) is 2.26. The van der Waals surface area contributed by atoms with Crippen molar-refractivity contribution in [1.82, 2.24) is 0 Å². The molecule has 1 aliphatic heterocycles. The standard InChI is InChI=1S/C21H17NO3/c1-14-5-4-8-18-19(14)22(21(24)20(18)23)11-12-25-17-10-9-15-6-2-3-7-16(15)13-17/h2-10,13H,11-12H2,1H3. The van der Waals surface area contributed by atoms with Crippen LogP contribution in [0.4, 0.5) is 5.69 Å². The van der Waals surface area contributed by atoms with Gasteiger partial charge < -0.3 is 9.64 Å². The van der Waals surface area contributed by atoms with Gasteiger partial charge in [-0.15, -0.1) is 0 Å². The minimum Gasteiger partial charge on any atom is -0.492 e. The van der Waals surface area contributed by atoms with Gasteiger partial charge in [0.05, 0.1) is 17.8 Å². The molecule has 0 atom stereocenters. The van der Waals surface area contributed by atoms with Crippen LogP contribution in [0.2, 0.25) is 0 Å². The maximum Gasteiger partial charge on any atom is 0.299 e. The number of aryl methyl sites for hydroxylation is 1. The van der Waals surface area contributed by atoms with Gasteiger partial charge in [-0.2, -0.15) is 0 Å². The Morgan fingerprint density at radius 3 is 2.56 bits per heavy atom. The number of anilines is 1. The third-order valence-corrected chi connectivity index (χ3v) is 4.50. The maximum atomic E-state index is 12.3. The van der Waals surface area contributed by atoms with Crippen LogP contribution in [0.25, 0.3) is 10.8 Å². The molecule has 124 valence electrons. The van der Waals surface area contributed by atoms with Crippen molar-refractivity contribution in [1.29, 1.82) is 0 Å². The highest BCUT2D eigenvalue weighted by atomic mass is 16.5. The van der Waals surface area contributed by atoms with Gasteiger partial charge in [0.15, 0.2) is 0 Å². The number of ketones is 1. The van der Waals surface area contributed by atoms with Crippen LogP contribution in [-0.4, -0.2) is 24.8 Å². The van der Waals surface area contributed by atoms with E-state index in [0.29, 0.717) is 24.4 Å². The van der Waals surface area contributed by atoms with Crippen LogP contribution in [0.15, 0.2) is 60.7 Å². The zero-order valence-electron chi connectivity index (χ0n) is 13.9. The highest BCUT2D eigenvalue weighted by molar-refractivity contribution is 6.52. The molecule has 0 spiro atoms. The Morgan fingerprint density at radius 2 is 1.72 bits per heavy atom. The van der Waals surface area contributed by atoms with Gasteiger partial charge in [-0.05, 0) is 41.5 Å². The number of carbonyl (C=O) groups excluding carboxylic acids is 2. The van der Waals surface area contributed by atoms with E-state index in [-0.39, 0.29) is 0 Å². The molecule has 0 N–H and O–H groups in total. The largest absolute Gasteiger partial charge is 0.492 e. The predicted molar refractivity (Wildman–Crippen MR) is 97.3 cm³/mol. The fourth-order valence-electron chi connectivity index (χ4n) is 3.27. The number of fused-ring (bicyclic) bond motifs is 2. The molecule has 0 saturated carbocycles. The van der Waals surface area contributed by atoms with E-state index < -0.39 is 11.7 Å². The first-order chi connectivity index (χ1) is 12.1. The molecule has 0 fully saturated rings. The zero-order chi connectivity index (χ0) is 17.4. The van der Waals surface area contributed by atoms with Gasteiger partial charge in [0.1, 0.15) is 12.4 Å². The molecule has 0 unspecified atom stereocenters. The van der Waals surface area contributed by atoms with Crippen molar-refractivity contribution in [2.75, 3.05) is 18.1 Å². The van der Waals surface area contributed by atoms with Crippen molar-refractivity contribution < 1.29 is 14.3 Å². The molecule has 25 heavy (non-hydrogen) atoms. The van der Waals surface area contributed by atoms with Crippen molar-refractivity contribution in [3.8, 4) is 5.75 Å². The lowest BCUT2D eigenvalue weighted by molar-refractivity contribution is -0.114. The first kappa shape index (κ1) is 15.4. The number of hydrogen-bond acceptors (Lipinski definition) is 3. The molecule has 1 amide bonds. The Labute approximate surface area is 145 Å². The third-order valence-electron chi connectivity index (χ3n) is 4.50. The van der Waals surface area contributed by atoms with Crippen LogP contribution in [0.5, 0.6) is 5.75 Å². The fourth-order valence-corrected chi connectivity index (χ4v) is 3.27. The van der Waals surface area contributed by atoms with Crippen LogP contribution in [0, 0.1) is 6.92 Å². The second-order valence-electron chi connectivity index (χ2n) is 6.11. The van der Waals surface area contributed by atoms with Gasteiger partial charge in [-0.25, -0.2) is 0 Å². The molecule has 0 radical (unpaired) electrons. The second kappa shape index (κ2) is 6.06. The topological polar surface area (TPSA) is 46.6 Å². The van der Waals surface area contributed by atoms with Gasteiger partial charge >= 0.3 is 0 Å². The van der Waals surface area contributed by atoms with Gasteiger partial charge in [0.2, 0.25) is 0 Å². The minimum atomic E-state index is -0.480. The highest BCUT2D eigenvalue weighted by Gasteiger charge is 2.36. The molecule has 4 nitrogen and oxygen atoms in total. The average molecular weight is 331 g/mol. The molecule has 4 heteroatoms. The van der Waals surface area contributed by atoms with Crippen LogP contribution in [0.3, 0.4) is 0 Å². The van der Waals surface area contributed by atoms with Crippen molar-refractivity contribution in [2.24, 2.45) is 0 Å². The summed E-state index contributed by atoms with van der Waals surface area (Å²) in [6.45, 7) is 2.57. The predicted octanol–water partition coefficient (Wildman–Crippen LogP) is 3.76. The van der Waals surface area contributed by atoms with Crippen molar-refractivity contribution >= 4 is 28.2 Å². The lowest BCUT2D eigenvalue weighted by Gasteiger charge is -2.18. The van der Waals surface area contributed by atoms with Crippen LogP contribution < -0.4 is 9.64 Å². The molecule has 1 heterocycles. The molecule has 3 aromatic carbocycles. The first-order valence-corrected chi connectivity index (χ1v) is 8.22. The van der Waals surface area contributed by atoms with Gasteiger partial charge in [0, 0.05) is 0 Å². The summed E-state index contributed by atoms with van der Waals surface area (Å²) in [6.07, 6.45) is 0. The van der Waals surface area contributed by atoms with Crippen molar-refractivity contribution in [3.63, 3.8) is 0 Å². The summed E-state index contributed by atoms with van der Waals surface area (Å²) >= 11 is 0. The second-order valence-corrected chi connectivity index (χ2v) is 6.11. The Kier molecular flexibility index (Phi) is 3.73. The summed E-state index contributed by atoms with van der Waals surface area (Å²) in [5.41, 5.74) is 2.11. The average Bonchev–Trinajstić information content (AvgIpc) is 2.88. The Balaban J connectivity index is 1.50. The molecule has 1 aliphatic rings. The van der Waals surface area contributed by atoms with E-state index in [2.05, 4.69) is 0 Å². The van der Waals surface area contributed by atoms with Crippen molar-refractivity contribution in [2.45, 2.75) is 6.92 Å². The number of nitrogens with zero attached hydrogens (tertiary/aromatic N) is 1. The number of ether oxygens (including phenoxy) is 1. The van der Waals surface area contributed by atoms with Gasteiger partial charge in [-0.3, -0.25) is 9.59 Å². The zero-order valence-corrected chi connectivity index (χ0v) is 13.9. The lowest BCUT2D eigenvalue weighted by Crippen LogP contribution is -2.33. The Morgan fingerprint density at radius 1 is 0.920 bits per heavy atom. The first-order valence-electron chi connectivity index (χ1n) is 8.22. The summed E-state index contributed by atoms with van der Waals surface area (Å²) in [6, 6.07) is 19.4. The monoisotopic (exact) mass is 331 g/mol. The quantitative estimate of drug-likeness (QED) is 0.684. The Bertz CT molecular complexity index is 993. The number of para-hydroxylation sites is 1. The molecule has 4 rings (SSSR count). The Hall–Kier alpha value is -3.14. The number of Topliss-reactive ketones (excluding diaryl/α,β-unsaturated/α-hetero) is 1. The van der Waals surface area contributed by atoms with E-state index in [1.807, 2.05) is 55.5 Å². The van der Waals surface area contributed by atoms with E-state index in [9.17, 15) is 9.59 Å². The molecule has 3 aromatic rings. The van der Waals surface area contributed by atoms with Crippen molar-refractivity contribution in [3.05, 3.63) is 71.8 Å². The van der Waals surface area contributed by atoms with Crippen LogP contribution in [0.1, 0.15) is 15.9 Å². The molecular weight excluding hydrogens is 314 g/mol. The van der Waals surface area contributed by atoms with Gasteiger partial charge in [0.25, 0.3) is 11.7 Å². The molecule has 0 saturated heterocycles. The normalized spacial score (nSPS) is 13.4. The van der Waals surface area contributed by atoms with E-state index >= 15 is 0 Å². The molecule has 0 aromatic heterocycles. The summed E-state index contributed by atoms with van der Waals surface area (Å²) in [4.78, 5) is 25.9. The van der Waals surface area contributed by atoms with Crippen LogP contribution in [-0.2, 0) is 4.79 Å². The fraction of sp³-hybridized carbons (Fsp3) is 0.143. The third kappa shape index (κ3) is 2.66. The number of hydrogen-bond donors (Lipinski definition) is 0. The number of carbonyl (C=O) groups is 2. The maximum absolute atomic E-state index is 12.3. The summed E-state index contributed by atoms with van der Waals surface area (Å²) in [5.74, 6) is -0.169. The highest BCUT2D eigenvalue weighted by Crippen LogP contribution is 2.32. The van der Waals surface area contributed by atoms with E-state index in [0.717, 1.165) is 22.1 Å². The summed E-state index contributed by atoms with van der Waals surface area (Å²) in [7, 11) is 0. The smallest absolute Gasteiger partial charge is 0.299 e. The molecular formula is C21H17NO3. The molecule has 0 aliphatic carbocycles. The summed E-state index contributed by atoms with van der Waals surface area (Å²) < 4.78 is 5.81. The van der Waals surface area contributed by atoms with E-state index in [1.54, 1.807) is 12.1 Å². The lowest BCUT2D eigenvalue weighted by atomic mass is 10.1. The molecule has 0 bridgehead atoms. The number of benzene rings is 3. The van der Waals surface area contributed by atoms with E-state index in [4.69, 9.17) is 4.74 Å². The van der Waals surface area contributed by atoms with E-state index in [1.165, 1.54) is 4.90 Å².